The number of likely N-dealkylation sites (tertiary alicyclic amines) is 1. The average molecular weight is 339 g/mol. The summed E-state index contributed by atoms with van der Waals surface area (Å²) in [5.41, 5.74) is 3.57. The molecule has 130 valence electrons. The van der Waals surface area contributed by atoms with Crippen molar-refractivity contribution in [1.82, 2.24) is 20.1 Å². The highest BCUT2D eigenvalue weighted by atomic mass is 19.1. The van der Waals surface area contributed by atoms with Crippen molar-refractivity contribution >= 4 is 16.7 Å². The van der Waals surface area contributed by atoms with E-state index in [0.717, 1.165) is 47.7 Å². The Balaban J connectivity index is 1.58. The predicted octanol–water partition coefficient (Wildman–Crippen LogP) is 3.58. The zero-order chi connectivity index (χ0) is 17.4. The summed E-state index contributed by atoms with van der Waals surface area (Å²) in [6.45, 7) is 4.21. The minimum absolute atomic E-state index is 0.235. The SMILES string of the molecule is Cc1cc(N[C@@H]2CCCN(C)C2)nnc1-c1ccc2c(F)c[nH]c2c1. The second-order valence-electron chi connectivity index (χ2n) is 6.90. The van der Waals surface area contributed by atoms with Crippen LogP contribution in [0.25, 0.3) is 22.2 Å². The Labute approximate surface area is 146 Å². The number of hydrogen-bond donors (Lipinski definition) is 2. The minimum Gasteiger partial charge on any atom is -0.365 e. The number of hydrogen-bond acceptors (Lipinski definition) is 4. The zero-order valence-electron chi connectivity index (χ0n) is 14.5. The average Bonchev–Trinajstić information content (AvgIpc) is 2.96. The molecule has 2 N–H and O–H groups in total. The minimum atomic E-state index is -0.235. The Kier molecular flexibility index (Phi) is 4.13. The maximum absolute atomic E-state index is 13.6. The van der Waals surface area contributed by atoms with Crippen LogP contribution in [0.15, 0.2) is 30.5 Å². The number of nitrogens with one attached hydrogen (secondary N) is 2. The van der Waals surface area contributed by atoms with Crippen LogP contribution in [0.1, 0.15) is 18.4 Å². The lowest BCUT2D eigenvalue weighted by Crippen LogP contribution is -2.39. The van der Waals surface area contributed by atoms with Gasteiger partial charge in [0.2, 0.25) is 0 Å². The van der Waals surface area contributed by atoms with Gasteiger partial charge in [0.1, 0.15) is 11.6 Å². The molecule has 0 aliphatic carbocycles. The molecule has 1 aromatic carbocycles. The molecule has 1 aliphatic heterocycles. The Bertz CT molecular complexity index is 904. The molecule has 3 heterocycles. The third-order valence-corrected chi connectivity index (χ3v) is 4.87. The number of likely N-dealkylation sites (N-methyl/N-ethyl adjacent to an activating group) is 1. The van der Waals surface area contributed by atoms with E-state index in [-0.39, 0.29) is 5.82 Å². The zero-order valence-corrected chi connectivity index (χ0v) is 14.5. The fourth-order valence-electron chi connectivity index (χ4n) is 3.57. The van der Waals surface area contributed by atoms with Crippen LogP contribution in [0.5, 0.6) is 0 Å². The van der Waals surface area contributed by atoms with E-state index in [1.54, 1.807) is 6.07 Å². The van der Waals surface area contributed by atoms with Crippen molar-refractivity contribution in [2.75, 3.05) is 25.5 Å². The topological polar surface area (TPSA) is 56.8 Å². The Morgan fingerprint density at radius 3 is 2.96 bits per heavy atom. The van der Waals surface area contributed by atoms with Gasteiger partial charge in [-0.15, -0.1) is 10.2 Å². The maximum Gasteiger partial charge on any atom is 0.149 e. The van der Waals surface area contributed by atoms with E-state index in [1.807, 2.05) is 25.1 Å². The molecule has 0 saturated carbocycles. The number of anilines is 1. The summed E-state index contributed by atoms with van der Waals surface area (Å²) < 4.78 is 13.6. The van der Waals surface area contributed by atoms with Gasteiger partial charge in [-0.2, -0.15) is 0 Å². The third-order valence-electron chi connectivity index (χ3n) is 4.87. The molecular weight excluding hydrogens is 317 g/mol. The number of H-pyrrole nitrogens is 1. The molecule has 25 heavy (non-hydrogen) atoms. The number of piperidine rings is 1. The van der Waals surface area contributed by atoms with Crippen LogP contribution in [-0.2, 0) is 0 Å². The van der Waals surface area contributed by atoms with Crippen molar-refractivity contribution in [3.63, 3.8) is 0 Å². The molecule has 0 radical (unpaired) electrons. The highest BCUT2D eigenvalue weighted by molar-refractivity contribution is 5.85. The number of rotatable bonds is 3. The summed E-state index contributed by atoms with van der Waals surface area (Å²) in [5, 5.41) is 12.9. The van der Waals surface area contributed by atoms with Crippen molar-refractivity contribution < 1.29 is 4.39 Å². The van der Waals surface area contributed by atoms with Gasteiger partial charge >= 0.3 is 0 Å². The molecule has 6 heteroatoms. The summed E-state index contributed by atoms with van der Waals surface area (Å²) in [7, 11) is 2.15. The molecule has 0 bridgehead atoms. The van der Waals surface area contributed by atoms with Gasteiger partial charge in [0.25, 0.3) is 0 Å². The Morgan fingerprint density at radius 1 is 1.28 bits per heavy atom. The molecule has 5 nitrogen and oxygen atoms in total. The lowest BCUT2D eigenvalue weighted by Gasteiger charge is -2.30. The van der Waals surface area contributed by atoms with E-state index < -0.39 is 0 Å². The molecule has 0 unspecified atom stereocenters. The molecule has 1 saturated heterocycles. The summed E-state index contributed by atoms with van der Waals surface area (Å²) in [6, 6.07) is 8.03. The molecule has 4 rings (SSSR count). The first-order chi connectivity index (χ1) is 12.1. The van der Waals surface area contributed by atoms with Crippen LogP contribution in [-0.4, -0.2) is 46.3 Å². The number of benzene rings is 1. The normalized spacial score (nSPS) is 18.6. The Hall–Kier alpha value is -2.47. The molecule has 2 aromatic heterocycles. The van der Waals surface area contributed by atoms with Gasteiger partial charge in [0.15, 0.2) is 0 Å². The second-order valence-corrected chi connectivity index (χ2v) is 6.90. The van der Waals surface area contributed by atoms with Gasteiger partial charge in [0, 0.05) is 35.2 Å². The van der Waals surface area contributed by atoms with Crippen molar-refractivity contribution in [3.8, 4) is 11.3 Å². The quantitative estimate of drug-likeness (QED) is 0.766. The summed E-state index contributed by atoms with van der Waals surface area (Å²) in [6.07, 6.45) is 3.73. The molecular formula is C19H22FN5. The van der Waals surface area contributed by atoms with Gasteiger partial charge in [0.05, 0.1) is 5.69 Å². The number of nitrogens with zero attached hydrogens (tertiary/aromatic N) is 3. The van der Waals surface area contributed by atoms with Crippen molar-refractivity contribution in [3.05, 3.63) is 41.8 Å². The molecule has 3 aromatic rings. The lowest BCUT2D eigenvalue weighted by atomic mass is 10.0. The van der Waals surface area contributed by atoms with Gasteiger partial charge in [-0.3, -0.25) is 0 Å². The first-order valence-electron chi connectivity index (χ1n) is 8.66. The molecule has 1 fully saturated rings. The van der Waals surface area contributed by atoms with Crippen LogP contribution in [0.2, 0.25) is 0 Å². The van der Waals surface area contributed by atoms with Crippen molar-refractivity contribution in [2.45, 2.75) is 25.8 Å². The van der Waals surface area contributed by atoms with Gasteiger partial charge < -0.3 is 15.2 Å². The van der Waals surface area contributed by atoms with E-state index in [9.17, 15) is 4.39 Å². The van der Waals surface area contributed by atoms with E-state index in [4.69, 9.17) is 0 Å². The summed E-state index contributed by atoms with van der Waals surface area (Å²) >= 11 is 0. The van der Waals surface area contributed by atoms with Crippen molar-refractivity contribution in [1.29, 1.82) is 0 Å². The van der Waals surface area contributed by atoms with Crippen LogP contribution < -0.4 is 5.32 Å². The van der Waals surface area contributed by atoms with Gasteiger partial charge in [-0.05, 0) is 57.1 Å². The number of aromatic nitrogens is 3. The highest BCUT2D eigenvalue weighted by Crippen LogP contribution is 2.27. The molecule has 0 amide bonds. The first-order valence-corrected chi connectivity index (χ1v) is 8.66. The van der Waals surface area contributed by atoms with Gasteiger partial charge in [-0.25, -0.2) is 4.39 Å². The van der Waals surface area contributed by atoms with E-state index >= 15 is 0 Å². The number of fused-ring (bicyclic) bond motifs is 1. The summed E-state index contributed by atoms with van der Waals surface area (Å²) in [5.74, 6) is 0.579. The van der Waals surface area contributed by atoms with Crippen LogP contribution in [0.3, 0.4) is 0 Å². The maximum atomic E-state index is 13.6. The lowest BCUT2D eigenvalue weighted by molar-refractivity contribution is 0.260. The number of aromatic amines is 1. The smallest absolute Gasteiger partial charge is 0.149 e. The van der Waals surface area contributed by atoms with E-state index in [1.165, 1.54) is 12.6 Å². The fourth-order valence-corrected chi connectivity index (χ4v) is 3.57. The van der Waals surface area contributed by atoms with Crippen LogP contribution in [0, 0.1) is 12.7 Å². The van der Waals surface area contributed by atoms with Gasteiger partial charge in [-0.1, -0.05) is 6.07 Å². The fraction of sp³-hybridized carbons (Fsp3) is 0.368. The number of halogens is 1. The molecule has 1 aliphatic rings. The predicted molar refractivity (Wildman–Crippen MR) is 98.2 cm³/mol. The van der Waals surface area contributed by atoms with Crippen molar-refractivity contribution in [2.24, 2.45) is 0 Å². The molecule has 0 spiro atoms. The number of aryl methyl sites for hydroxylation is 1. The third kappa shape index (κ3) is 3.22. The first kappa shape index (κ1) is 16.0. The van der Waals surface area contributed by atoms with Crippen LogP contribution in [0.4, 0.5) is 10.2 Å². The largest absolute Gasteiger partial charge is 0.365 e. The standard InChI is InChI=1S/C19H22FN5/c1-12-8-18(22-14-4-3-7-25(2)11-14)23-24-19(12)13-5-6-15-16(20)10-21-17(15)9-13/h5-6,8-10,14,21H,3-4,7,11H2,1-2H3,(H,22,23)/t14-/m1/s1. The molecule has 1 atom stereocenters. The monoisotopic (exact) mass is 339 g/mol. The van der Waals surface area contributed by atoms with Crippen LogP contribution >= 0.6 is 0 Å². The second kappa shape index (κ2) is 6.44. The highest BCUT2D eigenvalue weighted by Gasteiger charge is 2.18. The van der Waals surface area contributed by atoms with E-state index in [0.29, 0.717) is 11.4 Å². The van der Waals surface area contributed by atoms with E-state index in [2.05, 4.69) is 32.4 Å². The summed E-state index contributed by atoms with van der Waals surface area (Å²) in [4.78, 5) is 5.28. The Morgan fingerprint density at radius 2 is 2.16 bits per heavy atom.